The zero-order chi connectivity index (χ0) is 24.1. The Morgan fingerprint density at radius 1 is 1.24 bits per heavy atom. The molecule has 1 aromatic carbocycles. The van der Waals surface area contributed by atoms with Crippen molar-refractivity contribution in [1.29, 1.82) is 0 Å². The average Bonchev–Trinajstić information content (AvgIpc) is 3.17. The van der Waals surface area contributed by atoms with E-state index in [1.54, 1.807) is 44.0 Å². The fourth-order valence-corrected chi connectivity index (χ4v) is 4.46. The molecule has 0 unspecified atom stereocenters. The summed E-state index contributed by atoms with van der Waals surface area (Å²) in [6.07, 6.45) is 2.65. The summed E-state index contributed by atoms with van der Waals surface area (Å²) in [5, 5.41) is 9.31. The summed E-state index contributed by atoms with van der Waals surface area (Å²) in [5.74, 6) is 0.335. The monoisotopic (exact) mass is 488 g/mol. The molecule has 0 aliphatic rings. The number of pyridine rings is 1. The summed E-state index contributed by atoms with van der Waals surface area (Å²) >= 11 is 5.84. The van der Waals surface area contributed by atoms with Crippen LogP contribution in [0.5, 0.6) is 5.75 Å². The minimum Gasteiger partial charge on any atom is -0.483 e. The van der Waals surface area contributed by atoms with E-state index in [1.165, 1.54) is 12.1 Å². The zero-order valence-corrected chi connectivity index (χ0v) is 19.9. The molecular formula is C22H21ClN4O5S. The van der Waals surface area contributed by atoms with Crippen LogP contribution in [-0.4, -0.2) is 23.2 Å². The Labute approximate surface area is 194 Å². The van der Waals surface area contributed by atoms with Gasteiger partial charge in [0.15, 0.2) is 11.2 Å². The molecule has 2 N–H and O–H groups in total. The number of aryl methyl sites for hydroxylation is 2. The van der Waals surface area contributed by atoms with Crippen LogP contribution < -0.4 is 15.3 Å². The van der Waals surface area contributed by atoms with E-state index in [4.69, 9.17) is 25.9 Å². The molecule has 0 amide bonds. The van der Waals surface area contributed by atoms with Crippen LogP contribution in [0.3, 0.4) is 0 Å². The number of sulfonamides is 1. The van der Waals surface area contributed by atoms with E-state index in [0.29, 0.717) is 33.4 Å². The lowest BCUT2D eigenvalue weighted by Gasteiger charge is -2.19. The molecule has 3 aromatic heterocycles. The molecule has 3 heterocycles. The first kappa shape index (κ1) is 23.0. The normalized spacial score (nSPS) is 12.8. The van der Waals surface area contributed by atoms with Gasteiger partial charge in [0.1, 0.15) is 22.6 Å². The van der Waals surface area contributed by atoms with Gasteiger partial charge in [-0.15, -0.1) is 0 Å². The predicted molar refractivity (Wildman–Crippen MR) is 124 cm³/mol. The average molecular weight is 489 g/mol. The molecule has 4 rings (SSSR count). The number of nitrogens with zero attached hydrogens (tertiary/aromatic N) is 3. The second kappa shape index (κ2) is 8.29. The Kier molecular flexibility index (Phi) is 5.77. The van der Waals surface area contributed by atoms with Crippen molar-refractivity contribution in [3.8, 4) is 17.1 Å². The highest BCUT2D eigenvalue weighted by Gasteiger charge is 2.24. The highest BCUT2D eigenvalue weighted by atomic mass is 35.5. The summed E-state index contributed by atoms with van der Waals surface area (Å²) in [4.78, 5) is 17.0. The molecule has 9 nitrogen and oxygen atoms in total. The van der Waals surface area contributed by atoms with Crippen LogP contribution in [0, 0.1) is 13.8 Å². The summed E-state index contributed by atoms with van der Waals surface area (Å²) < 4.78 is 37.7. The van der Waals surface area contributed by atoms with Gasteiger partial charge in [-0.25, -0.2) is 18.5 Å². The maximum absolute atomic E-state index is 13.2. The van der Waals surface area contributed by atoms with Gasteiger partial charge < -0.3 is 9.15 Å². The van der Waals surface area contributed by atoms with Crippen molar-refractivity contribution in [1.82, 2.24) is 14.8 Å². The summed E-state index contributed by atoms with van der Waals surface area (Å²) in [5.41, 5.74) is 2.65. The third kappa shape index (κ3) is 4.37. The third-order valence-electron chi connectivity index (χ3n) is 5.16. The van der Waals surface area contributed by atoms with Crippen molar-refractivity contribution in [3.05, 3.63) is 68.7 Å². The maximum Gasteiger partial charge on any atom is 0.259 e. The minimum absolute atomic E-state index is 0.0392. The number of fused-ring (bicyclic) bond motifs is 1. The topological polar surface area (TPSA) is 130 Å². The molecule has 0 saturated carbocycles. The van der Waals surface area contributed by atoms with Crippen LogP contribution >= 0.6 is 11.6 Å². The smallest absolute Gasteiger partial charge is 0.259 e. The maximum atomic E-state index is 13.2. The van der Waals surface area contributed by atoms with Gasteiger partial charge in [-0.3, -0.25) is 9.48 Å². The predicted octanol–water partition coefficient (Wildman–Crippen LogP) is 3.65. The lowest BCUT2D eigenvalue weighted by Crippen LogP contribution is -2.17. The molecule has 0 saturated heterocycles. The molecule has 0 fully saturated rings. The first-order valence-corrected chi connectivity index (χ1v) is 11.8. The second-order valence-electron chi connectivity index (χ2n) is 7.76. The van der Waals surface area contributed by atoms with Gasteiger partial charge in [0.2, 0.25) is 5.03 Å². The standard InChI is InChI=1S/C22H21ClN4O5S/c1-11-7-15(13(3)31-17-5-6-18(23)26-22(17)33(24,29)30)21-16(8-11)19(28)12(2)20(32-21)14-9-25-27(4)10-14/h5-10,13H,1-4H3,(H2,24,29,30)/t13-/m1/s1. The number of ether oxygens (including phenoxy) is 1. The van der Waals surface area contributed by atoms with Gasteiger partial charge in [0, 0.05) is 24.4 Å². The fraction of sp³-hybridized carbons (Fsp3) is 0.227. The van der Waals surface area contributed by atoms with Crippen LogP contribution in [0.25, 0.3) is 22.3 Å². The van der Waals surface area contributed by atoms with Crippen LogP contribution in [0.15, 0.2) is 50.9 Å². The fourth-order valence-electron chi connectivity index (χ4n) is 3.64. The number of nitrogens with two attached hydrogens (primary N) is 1. The van der Waals surface area contributed by atoms with Crippen molar-refractivity contribution < 1.29 is 17.6 Å². The second-order valence-corrected chi connectivity index (χ2v) is 9.63. The van der Waals surface area contributed by atoms with E-state index < -0.39 is 21.2 Å². The van der Waals surface area contributed by atoms with E-state index in [2.05, 4.69) is 10.1 Å². The number of aromatic nitrogens is 3. The Morgan fingerprint density at radius 3 is 2.61 bits per heavy atom. The molecule has 0 aliphatic heterocycles. The molecule has 11 heteroatoms. The largest absolute Gasteiger partial charge is 0.483 e. The molecule has 0 aliphatic carbocycles. The van der Waals surface area contributed by atoms with Crippen molar-refractivity contribution in [3.63, 3.8) is 0 Å². The number of benzene rings is 1. The first-order valence-electron chi connectivity index (χ1n) is 9.88. The number of halogens is 1. The number of rotatable bonds is 5. The van der Waals surface area contributed by atoms with Crippen molar-refractivity contribution in [2.45, 2.75) is 31.9 Å². The highest BCUT2D eigenvalue weighted by Crippen LogP contribution is 2.34. The van der Waals surface area contributed by atoms with Crippen molar-refractivity contribution in [2.75, 3.05) is 0 Å². The lowest BCUT2D eigenvalue weighted by molar-refractivity contribution is 0.219. The van der Waals surface area contributed by atoms with Gasteiger partial charge in [-0.1, -0.05) is 11.6 Å². The first-order chi connectivity index (χ1) is 15.5. The Hall–Kier alpha value is -3.21. The van der Waals surface area contributed by atoms with E-state index in [9.17, 15) is 13.2 Å². The number of hydrogen-bond donors (Lipinski definition) is 1. The molecule has 0 bridgehead atoms. The molecular weight excluding hydrogens is 468 g/mol. The molecule has 172 valence electrons. The van der Waals surface area contributed by atoms with Gasteiger partial charge in [-0.05, 0) is 50.6 Å². The molecule has 0 spiro atoms. The van der Waals surface area contributed by atoms with Crippen LogP contribution in [0.4, 0.5) is 0 Å². The summed E-state index contributed by atoms with van der Waals surface area (Å²) in [6.45, 7) is 5.26. The van der Waals surface area contributed by atoms with Crippen LogP contribution in [0.1, 0.15) is 29.7 Å². The van der Waals surface area contributed by atoms with Crippen molar-refractivity contribution in [2.24, 2.45) is 12.2 Å². The zero-order valence-electron chi connectivity index (χ0n) is 18.3. The van der Waals surface area contributed by atoms with E-state index >= 15 is 0 Å². The van der Waals surface area contributed by atoms with E-state index in [-0.39, 0.29) is 16.3 Å². The molecule has 33 heavy (non-hydrogen) atoms. The van der Waals surface area contributed by atoms with Crippen LogP contribution in [-0.2, 0) is 17.1 Å². The van der Waals surface area contributed by atoms with E-state index in [0.717, 1.165) is 5.56 Å². The number of hydrogen-bond acceptors (Lipinski definition) is 7. The van der Waals surface area contributed by atoms with Gasteiger partial charge >= 0.3 is 0 Å². The summed E-state index contributed by atoms with van der Waals surface area (Å²) in [6, 6.07) is 6.34. The third-order valence-corrected chi connectivity index (χ3v) is 6.20. The molecule has 4 aromatic rings. The SMILES string of the molecule is Cc1cc([C@@H](C)Oc2ccc(Cl)nc2S(N)(=O)=O)c2oc(-c3cnn(C)c3)c(C)c(=O)c2c1. The number of primary sulfonamides is 1. The molecule has 0 radical (unpaired) electrons. The van der Waals surface area contributed by atoms with Crippen molar-refractivity contribution >= 4 is 32.6 Å². The lowest BCUT2D eigenvalue weighted by atomic mass is 10.0. The van der Waals surface area contributed by atoms with Gasteiger partial charge in [0.25, 0.3) is 10.0 Å². The van der Waals surface area contributed by atoms with Gasteiger partial charge in [0.05, 0.1) is 17.1 Å². The minimum atomic E-state index is -4.19. The van der Waals surface area contributed by atoms with Gasteiger partial charge in [-0.2, -0.15) is 5.10 Å². The van der Waals surface area contributed by atoms with E-state index in [1.807, 2.05) is 13.0 Å². The Morgan fingerprint density at radius 2 is 1.97 bits per heavy atom. The Balaban J connectivity index is 1.89. The summed E-state index contributed by atoms with van der Waals surface area (Å²) in [7, 11) is -2.42. The van der Waals surface area contributed by atoms with Crippen LogP contribution in [0.2, 0.25) is 5.15 Å². The molecule has 1 atom stereocenters. The Bertz CT molecular complexity index is 1560. The highest BCUT2D eigenvalue weighted by molar-refractivity contribution is 7.89. The quantitative estimate of drug-likeness (QED) is 0.424.